The van der Waals surface area contributed by atoms with Crippen molar-refractivity contribution in [3.05, 3.63) is 0 Å². The Morgan fingerprint density at radius 1 is 1.28 bits per heavy atom. The summed E-state index contributed by atoms with van der Waals surface area (Å²) in [5.41, 5.74) is -1.01. The first-order valence-electron chi connectivity index (χ1n) is 6.72. The molecule has 0 aromatic rings. The van der Waals surface area contributed by atoms with E-state index in [1.54, 1.807) is 0 Å². The number of carboxylic acids is 1. The van der Waals surface area contributed by atoms with Crippen molar-refractivity contribution in [3.8, 4) is 0 Å². The highest BCUT2D eigenvalue weighted by molar-refractivity contribution is 5.86. The molecule has 0 bridgehead atoms. The zero-order chi connectivity index (χ0) is 13.8. The number of nitrogens with zero attached hydrogens (tertiary/aromatic N) is 2. The molecule has 0 saturated carbocycles. The van der Waals surface area contributed by atoms with E-state index >= 15 is 0 Å². The Morgan fingerprint density at radius 3 is 2.39 bits per heavy atom. The first-order chi connectivity index (χ1) is 8.47. The van der Waals surface area contributed by atoms with Crippen LogP contribution in [0.25, 0.3) is 0 Å². The van der Waals surface area contributed by atoms with Crippen LogP contribution >= 0.6 is 0 Å². The normalized spacial score (nSPS) is 25.5. The van der Waals surface area contributed by atoms with Crippen LogP contribution in [0.1, 0.15) is 40.0 Å². The van der Waals surface area contributed by atoms with Gasteiger partial charge >= 0.3 is 5.97 Å². The van der Waals surface area contributed by atoms with Gasteiger partial charge in [0, 0.05) is 20.0 Å². The van der Waals surface area contributed by atoms with Gasteiger partial charge < -0.3 is 14.9 Å². The average Bonchev–Trinajstić information content (AvgIpc) is 2.53. The number of carbonyl (C=O) groups is 2. The van der Waals surface area contributed by atoms with Crippen LogP contribution in [0.5, 0.6) is 0 Å². The molecule has 1 rings (SSSR count). The highest BCUT2D eigenvalue weighted by atomic mass is 16.4. The molecule has 0 aromatic carbocycles. The van der Waals surface area contributed by atoms with E-state index in [9.17, 15) is 14.7 Å². The van der Waals surface area contributed by atoms with Gasteiger partial charge in [-0.05, 0) is 39.3 Å². The van der Waals surface area contributed by atoms with Crippen LogP contribution in [0, 0.1) is 0 Å². The molecule has 5 nitrogen and oxygen atoms in total. The Morgan fingerprint density at radius 2 is 1.94 bits per heavy atom. The van der Waals surface area contributed by atoms with Gasteiger partial charge in [-0.15, -0.1) is 0 Å². The van der Waals surface area contributed by atoms with Crippen LogP contribution in [0.3, 0.4) is 0 Å². The SMILES string of the molecule is CCN1CCCC(C(=O)O)(N(CC)C(C)=O)CC1. The Balaban J connectivity index is 2.99. The molecule has 0 radical (unpaired) electrons. The second-order valence-corrected chi connectivity index (χ2v) is 4.89. The molecule has 1 amide bonds. The smallest absolute Gasteiger partial charge is 0.329 e. The van der Waals surface area contributed by atoms with Crippen molar-refractivity contribution in [2.45, 2.75) is 45.6 Å². The van der Waals surface area contributed by atoms with Gasteiger partial charge in [-0.3, -0.25) is 4.79 Å². The van der Waals surface area contributed by atoms with Crippen molar-refractivity contribution >= 4 is 11.9 Å². The summed E-state index contributed by atoms with van der Waals surface area (Å²) in [6.07, 6.45) is 1.89. The van der Waals surface area contributed by atoms with E-state index in [1.165, 1.54) is 11.8 Å². The molecule has 18 heavy (non-hydrogen) atoms. The highest BCUT2D eigenvalue weighted by Gasteiger charge is 2.45. The van der Waals surface area contributed by atoms with E-state index in [2.05, 4.69) is 11.8 Å². The summed E-state index contributed by atoms with van der Waals surface area (Å²) in [7, 11) is 0. The molecule has 1 aliphatic rings. The van der Waals surface area contributed by atoms with Crippen LogP contribution in [0.2, 0.25) is 0 Å². The van der Waals surface area contributed by atoms with Crippen LogP contribution in [0.4, 0.5) is 0 Å². The fourth-order valence-electron chi connectivity index (χ4n) is 2.92. The van der Waals surface area contributed by atoms with Crippen LogP contribution in [0.15, 0.2) is 0 Å². The maximum Gasteiger partial charge on any atom is 0.329 e. The Labute approximate surface area is 109 Å². The summed E-state index contributed by atoms with van der Waals surface area (Å²) in [6.45, 7) is 8.42. The molecule has 0 aromatic heterocycles. The van der Waals surface area contributed by atoms with Crippen molar-refractivity contribution in [2.75, 3.05) is 26.2 Å². The van der Waals surface area contributed by atoms with Crippen LogP contribution in [-0.2, 0) is 9.59 Å². The maximum absolute atomic E-state index is 11.7. The minimum Gasteiger partial charge on any atom is -0.479 e. The Kier molecular flexibility index (Phi) is 5.14. The number of aliphatic carboxylic acids is 1. The van der Waals surface area contributed by atoms with Crippen molar-refractivity contribution in [1.29, 1.82) is 0 Å². The monoisotopic (exact) mass is 256 g/mol. The molecule has 1 unspecified atom stereocenters. The summed E-state index contributed by atoms with van der Waals surface area (Å²) < 4.78 is 0. The molecule has 5 heteroatoms. The van der Waals surface area contributed by atoms with E-state index in [-0.39, 0.29) is 5.91 Å². The average molecular weight is 256 g/mol. The lowest BCUT2D eigenvalue weighted by Crippen LogP contribution is -2.57. The summed E-state index contributed by atoms with van der Waals surface area (Å²) >= 11 is 0. The third-order valence-corrected chi connectivity index (χ3v) is 3.96. The van der Waals surface area contributed by atoms with Crippen molar-refractivity contribution in [2.24, 2.45) is 0 Å². The summed E-state index contributed by atoms with van der Waals surface area (Å²) in [5.74, 6) is -1.01. The predicted molar refractivity (Wildman–Crippen MR) is 69.4 cm³/mol. The molecular weight excluding hydrogens is 232 g/mol. The topological polar surface area (TPSA) is 60.9 Å². The minimum atomic E-state index is -1.01. The van der Waals surface area contributed by atoms with Crippen molar-refractivity contribution in [1.82, 2.24) is 9.80 Å². The Hall–Kier alpha value is -1.10. The van der Waals surface area contributed by atoms with Gasteiger partial charge in [0.2, 0.25) is 5.91 Å². The van der Waals surface area contributed by atoms with Gasteiger partial charge in [0.25, 0.3) is 0 Å². The molecule has 0 spiro atoms. The summed E-state index contributed by atoms with van der Waals surface area (Å²) in [5, 5.41) is 9.61. The standard InChI is InChI=1S/C13H24N2O3/c1-4-14-9-6-7-13(8-10-14,12(17)18)15(5-2)11(3)16/h4-10H2,1-3H3,(H,17,18). The van der Waals surface area contributed by atoms with Gasteiger partial charge in [0.15, 0.2) is 0 Å². The number of carboxylic acid groups (broad SMARTS) is 1. The minimum absolute atomic E-state index is 0.148. The number of hydrogen-bond acceptors (Lipinski definition) is 3. The molecule has 104 valence electrons. The number of amides is 1. The largest absolute Gasteiger partial charge is 0.479 e. The van der Waals surface area contributed by atoms with E-state index in [0.29, 0.717) is 19.4 Å². The number of rotatable bonds is 4. The van der Waals surface area contributed by atoms with E-state index < -0.39 is 11.5 Å². The van der Waals surface area contributed by atoms with Gasteiger partial charge in [0.05, 0.1) is 0 Å². The number of likely N-dealkylation sites (N-methyl/N-ethyl adjacent to an activating group) is 1. The summed E-state index contributed by atoms with van der Waals surface area (Å²) in [4.78, 5) is 27.2. The zero-order valence-corrected chi connectivity index (χ0v) is 11.6. The van der Waals surface area contributed by atoms with Crippen LogP contribution in [-0.4, -0.2) is 58.5 Å². The van der Waals surface area contributed by atoms with Gasteiger partial charge in [-0.1, -0.05) is 6.92 Å². The summed E-state index contributed by atoms with van der Waals surface area (Å²) in [6, 6.07) is 0. The third-order valence-electron chi connectivity index (χ3n) is 3.96. The highest BCUT2D eigenvalue weighted by Crippen LogP contribution is 2.29. The molecule has 1 aliphatic heterocycles. The fraction of sp³-hybridized carbons (Fsp3) is 0.846. The predicted octanol–water partition coefficient (Wildman–Crippen LogP) is 1.18. The molecule has 0 aliphatic carbocycles. The van der Waals surface area contributed by atoms with Gasteiger partial charge in [0.1, 0.15) is 5.54 Å². The first-order valence-corrected chi connectivity index (χ1v) is 6.72. The molecular formula is C13H24N2O3. The van der Waals surface area contributed by atoms with Crippen LogP contribution < -0.4 is 0 Å². The lowest BCUT2D eigenvalue weighted by molar-refractivity contribution is -0.159. The molecule has 1 heterocycles. The molecule has 1 N–H and O–H groups in total. The lowest BCUT2D eigenvalue weighted by Gasteiger charge is -2.39. The lowest BCUT2D eigenvalue weighted by atomic mass is 9.88. The third kappa shape index (κ3) is 2.83. The number of hydrogen-bond donors (Lipinski definition) is 1. The number of likely N-dealkylation sites (tertiary alicyclic amines) is 1. The molecule has 1 fully saturated rings. The van der Waals surface area contributed by atoms with Gasteiger partial charge in [-0.25, -0.2) is 4.79 Å². The second-order valence-electron chi connectivity index (χ2n) is 4.89. The number of carbonyl (C=O) groups excluding carboxylic acids is 1. The van der Waals surface area contributed by atoms with E-state index in [0.717, 1.165) is 26.1 Å². The molecule has 1 atom stereocenters. The first kappa shape index (κ1) is 15.0. The van der Waals surface area contributed by atoms with Gasteiger partial charge in [-0.2, -0.15) is 0 Å². The van der Waals surface area contributed by atoms with Crippen molar-refractivity contribution < 1.29 is 14.7 Å². The fourth-order valence-corrected chi connectivity index (χ4v) is 2.92. The maximum atomic E-state index is 11.7. The van der Waals surface area contributed by atoms with E-state index in [1.807, 2.05) is 6.92 Å². The second kappa shape index (κ2) is 6.18. The molecule has 1 saturated heterocycles. The van der Waals surface area contributed by atoms with Crippen molar-refractivity contribution in [3.63, 3.8) is 0 Å². The zero-order valence-electron chi connectivity index (χ0n) is 11.6. The van der Waals surface area contributed by atoms with E-state index in [4.69, 9.17) is 0 Å². The Bertz CT molecular complexity index is 319. The quantitative estimate of drug-likeness (QED) is 0.820.